The Labute approximate surface area is 142 Å². The second-order valence-corrected chi connectivity index (χ2v) is 5.83. The molecule has 0 atom stereocenters. The number of methoxy groups -OCH3 is 2. The molecule has 0 heterocycles. The van der Waals surface area contributed by atoms with Crippen molar-refractivity contribution in [3.8, 4) is 11.5 Å². The molecule has 0 bridgehead atoms. The van der Waals surface area contributed by atoms with Crippen molar-refractivity contribution in [3.05, 3.63) is 57.8 Å². The van der Waals surface area contributed by atoms with Crippen molar-refractivity contribution in [2.24, 2.45) is 0 Å². The van der Waals surface area contributed by atoms with Gasteiger partial charge in [-0.1, -0.05) is 6.07 Å². The Bertz CT molecular complexity index is 721. The first-order chi connectivity index (χ1) is 11.0. The summed E-state index contributed by atoms with van der Waals surface area (Å²) in [5, 5.41) is 0. The van der Waals surface area contributed by atoms with Gasteiger partial charge in [0.25, 0.3) is 5.91 Å². The van der Waals surface area contributed by atoms with Crippen molar-refractivity contribution < 1.29 is 18.7 Å². The van der Waals surface area contributed by atoms with Crippen LogP contribution in [0.3, 0.4) is 0 Å². The summed E-state index contributed by atoms with van der Waals surface area (Å²) in [5.41, 5.74) is 1.17. The standard InChI is InChI=1S/C17H17BrFNO3/c1-20(10-11-4-7-16(23-3)15(19)8-11)17(21)13-9-12(22-2)5-6-14(13)18/h4-9H,10H2,1-3H3. The van der Waals surface area contributed by atoms with Crippen molar-refractivity contribution in [1.29, 1.82) is 0 Å². The zero-order valence-electron chi connectivity index (χ0n) is 13.1. The Balaban J connectivity index is 2.18. The van der Waals surface area contributed by atoms with E-state index in [1.165, 1.54) is 18.1 Å². The molecule has 2 rings (SSSR count). The number of halogens is 2. The number of amides is 1. The van der Waals surface area contributed by atoms with Gasteiger partial charge >= 0.3 is 0 Å². The first-order valence-electron chi connectivity index (χ1n) is 6.87. The Morgan fingerprint density at radius 3 is 2.52 bits per heavy atom. The molecule has 0 fully saturated rings. The fourth-order valence-electron chi connectivity index (χ4n) is 2.15. The zero-order valence-corrected chi connectivity index (χ0v) is 14.7. The Kier molecular flexibility index (Phi) is 5.60. The summed E-state index contributed by atoms with van der Waals surface area (Å²) < 4.78 is 24.4. The molecular weight excluding hydrogens is 365 g/mol. The second kappa shape index (κ2) is 7.46. The summed E-state index contributed by atoms with van der Waals surface area (Å²) in [5.74, 6) is 0.138. The van der Waals surface area contributed by atoms with Gasteiger partial charge in [-0.05, 0) is 51.8 Å². The average Bonchev–Trinajstić information content (AvgIpc) is 2.55. The van der Waals surface area contributed by atoms with Crippen LogP contribution in [0.15, 0.2) is 40.9 Å². The van der Waals surface area contributed by atoms with Crippen LogP contribution < -0.4 is 9.47 Å². The lowest BCUT2D eigenvalue weighted by Gasteiger charge is -2.19. The number of rotatable bonds is 5. The average molecular weight is 382 g/mol. The van der Waals surface area contributed by atoms with Crippen molar-refractivity contribution in [1.82, 2.24) is 4.90 Å². The maximum absolute atomic E-state index is 13.7. The zero-order chi connectivity index (χ0) is 17.0. The summed E-state index contributed by atoms with van der Waals surface area (Å²) in [6, 6.07) is 9.82. The molecule has 0 aliphatic heterocycles. The van der Waals surface area contributed by atoms with Gasteiger partial charge in [0.05, 0.1) is 19.8 Å². The largest absolute Gasteiger partial charge is 0.497 e. The number of nitrogens with zero attached hydrogens (tertiary/aromatic N) is 1. The number of hydrogen-bond donors (Lipinski definition) is 0. The number of carbonyl (C=O) groups excluding carboxylic acids is 1. The minimum absolute atomic E-state index is 0.179. The predicted molar refractivity (Wildman–Crippen MR) is 89.4 cm³/mol. The first-order valence-corrected chi connectivity index (χ1v) is 7.67. The minimum Gasteiger partial charge on any atom is -0.497 e. The molecule has 2 aromatic rings. The van der Waals surface area contributed by atoms with E-state index in [1.54, 1.807) is 44.5 Å². The van der Waals surface area contributed by atoms with Gasteiger partial charge in [-0.3, -0.25) is 4.79 Å². The first kappa shape index (κ1) is 17.3. The van der Waals surface area contributed by atoms with E-state index in [0.717, 1.165) is 0 Å². The summed E-state index contributed by atoms with van der Waals surface area (Å²) in [6.07, 6.45) is 0. The molecule has 4 nitrogen and oxygen atoms in total. The third-order valence-electron chi connectivity index (χ3n) is 3.39. The number of benzene rings is 2. The van der Waals surface area contributed by atoms with Gasteiger partial charge in [0.15, 0.2) is 11.6 Å². The monoisotopic (exact) mass is 381 g/mol. The van der Waals surface area contributed by atoms with Crippen molar-refractivity contribution in [3.63, 3.8) is 0 Å². The van der Waals surface area contributed by atoms with Gasteiger partial charge in [0, 0.05) is 18.1 Å². The molecule has 0 aliphatic rings. The van der Waals surface area contributed by atoms with E-state index in [-0.39, 0.29) is 18.2 Å². The minimum atomic E-state index is -0.451. The van der Waals surface area contributed by atoms with Crippen LogP contribution in [-0.2, 0) is 6.54 Å². The van der Waals surface area contributed by atoms with Gasteiger partial charge in [-0.15, -0.1) is 0 Å². The van der Waals surface area contributed by atoms with Gasteiger partial charge in [-0.25, -0.2) is 4.39 Å². The highest BCUT2D eigenvalue weighted by Gasteiger charge is 2.17. The molecule has 0 unspecified atom stereocenters. The number of hydrogen-bond acceptors (Lipinski definition) is 3. The smallest absolute Gasteiger partial charge is 0.255 e. The second-order valence-electron chi connectivity index (χ2n) is 4.98. The number of ether oxygens (including phenoxy) is 2. The van der Waals surface area contributed by atoms with Gasteiger partial charge in [0.2, 0.25) is 0 Å². The molecule has 0 radical (unpaired) electrons. The summed E-state index contributed by atoms with van der Waals surface area (Å²) in [7, 11) is 4.62. The van der Waals surface area contributed by atoms with Gasteiger partial charge < -0.3 is 14.4 Å². The van der Waals surface area contributed by atoms with Crippen molar-refractivity contribution in [2.75, 3.05) is 21.3 Å². The SMILES string of the molecule is COc1ccc(Br)c(C(=O)N(C)Cc2ccc(OC)c(F)c2)c1. The highest BCUT2D eigenvalue weighted by atomic mass is 79.9. The molecule has 0 spiro atoms. The molecule has 0 N–H and O–H groups in total. The molecule has 122 valence electrons. The van der Waals surface area contributed by atoms with Crippen LogP contribution in [0.4, 0.5) is 4.39 Å². The molecule has 0 saturated carbocycles. The summed E-state index contributed by atoms with van der Waals surface area (Å²) >= 11 is 3.36. The topological polar surface area (TPSA) is 38.8 Å². The molecule has 0 saturated heterocycles. The lowest BCUT2D eigenvalue weighted by Crippen LogP contribution is -2.26. The fourth-order valence-corrected chi connectivity index (χ4v) is 2.57. The van der Waals surface area contributed by atoms with E-state index in [0.29, 0.717) is 21.3 Å². The summed E-state index contributed by atoms with van der Waals surface area (Å²) in [6.45, 7) is 0.281. The Morgan fingerprint density at radius 1 is 1.17 bits per heavy atom. The van der Waals surface area contributed by atoms with E-state index >= 15 is 0 Å². The highest BCUT2D eigenvalue weighted by molar-refractivity contribution is 9.10. The Morgan fingerprint density at radius 2 is 1.91 bits per heavy atom. The van der Waals surface area contributed by atoms with Crippen molar-refractivity contribution in [2.45, 2.75) is 6.54 Å². The lowest BCUT2D eigenvalue weighted by molar-refractivity contribution is 0.0783. The maximum Gasteiger partial charge on any atom is 0.255 e. The third-order valence-corrected chi connectivity index (χ3v) is 4.08. The van der Waals surface area contributed by atoms with Crippen LogP contribution >= 0.6 is 15.9 Å². The molecule has 0 aliphatic carbocycles. The summed E-state index contributed by atoms with van der Waals surface area (Å²) in [4.78, 5) is 14.1. The maximum atomic E-state index is 13.7. The molecule has 0 aromatic heterocycles. The molecule has 6 heteroatoms. The van der Waals surface area contributed by atoms with Crippen molar-refractivity contribution >= 4 is 21.8 Å². The van der Waals surface area contributed by atoms with E-state index in [9.17, 15) is 9.18 Å². The van der Waals surface area contributed by atoms with Crippen LogP contribution in [0.1, 0.15) is 15.9 Å². The molecule has 2 aromatic carbocycles. The Hall–Kier alpha value is -2.08. The third kappa shape index (κ3) is 4.01. The van der Waals surface area contributed by atoms with E-state index < -0.39 is 5.82 Å². The van der Waals surface area contributed by atoms with E-state index in [1.807, 2.05) is 0 Å². The highest BCUT2D eigenvalue weighted by Crippen LogP contribution is 2.24. The van der Waals surface area contributed by atoms with Crippen LogP contribution in [0, 0.1) is 5.82 Å². The normalized spacial score (nSPS) is 10.3. The van der Waals surface area contributed by atoms with Crippen LogP contribution in [-0.4, -0.2) is 32.1 Å². The fraction of sp³-hybridized carbons (Fsp3) is 0.235. The van der Waals surface area contributed by atoms with E-state index in [4.69, 9.17) is 9.47 Å². The van der Waals surface area contributed by atoms with Gasteiger partial charge in [0.1, 0.15) is 5.75 Å². The quantitative estimate of drug-likeness (QED) is 0.788. The predicted octanol–water partition coefficient (Wildman–Crippen LogP) is 3.88. The van der Waals surface area contributed by atoms with Crippen LogP contribution in [0.2, 0.25) is 0 Å². The van der Waals surface area contributed by atoms with Gasteiger partial charge in [-0.2, -0.15) is 0 Å². The number of carbonyl (C=O) groups is 1. The molecular formula is C17H17BrFNO3. The van der Waals surface area contributed by atoms with E-state index in [2.05, 4.69) is 15.9 Å². The molecule has 23 heavy (non-hydrogen) atoms. The van der Waals surface area contributed by atoms with Crippen LogP contribution in [0.5, 0.6) is 11.5 Å². The molecule has 1 amide bonds. The van der Waals surface area contributed by atoms with Crippen LogP contribution in [0.25, 0.3) is 0 Å². The lowest BCUT2D eigenvalue weighted by atomic mass is 10.1.